The van der Waals surface area contributed by atoms with Crippen molar-refractivity contribution < 1.29 is 9.53 Å². The van der Waals surface area contributed by atoms with Crippen molar-refractivity contribution in [3.05, 3.63) is 65.2 Å². The van der Waals surface area contributed by atoms with Gasteiger partial charge < -0.3 is 9.64 Å². The smallest absolute Gasteiger partial charge is 0.257 e. The number of carbonyl (C=O) groups is 1. The zero-order valence-electron chi connectivity index (χ0n) is 12.5. The molecule has 4 rings (SSSR count). The van der Waals surface area contributed by atoms with Gasteiger partial charge in [-0.3, -0.25) is 4.79 Å². The third-order valence-corrected chi connectivity index (χ3v) is 4.33. The van der Waals surface area contributed by atoms with Crippen LogP contribution in [0.3, 0.4) is 0 Å². The molecular weight excluding hydrogens is 274 g/mol. The summed E-state index contributed by atoms with van der Waals surface area (Å²) in [5.74, 6) is 0.890. The summed E-state index contributed by atoms with van der Waals surface area (Å²) in [5.41, 5.74) is 3.94. The van der Waals surface area contributed by atoms with E-state index in [2.05, 4.69) is 13.0 Å². The highest BCUT2D eigenvalue weighted by Crippen LogP contribution is 2.34. The van der Waals surface area contributed by atoms with Crippen molar-refractivity contribution in [1.29, 1.82) is 0 Å². The summed E-state index contributed by atoms with van der Waals surface area (Å²) in [4.78, 5) is 14.9. The second kappa shape index (κ2) is 5.02. The molecule has 0 radical (unpaired) electrons. The summed E-state index contributed by atoms with van der Waals surface area (Å²) in [7, 11) is 0. The molecule has 3 nitrogen and oxygen atoms in total. The van der Waals surface area contributed by atoms with Crippen LogP contribution in [0.4, 0.5) is 5.69 Å². The predicted octanol–water partition coefficient (Wildman–Crippen LogP) is 3.44. The summed E-state index contributed by atoms with van der Waals surface area (Å²) >= 11 is 0. The van der Waals surface area contributed by atoms with Crippen molar-refractivity contribution in [2.45, 2.75) is 19.4 Å². The van der Waals surface area contributed by atoms with Gasteiger partial charge in [-0.25, -0.2) is 0 Å². The van der Waals surface area contributed by atoms with Gasteiger partial charge in [-0.2, -0.15) is 0 Å². The standard InChI is InChI=1S/C19H17NO2/c1-13-10-14-6-2-4-8-17(14)20(13)19(21)16-11-15-7-3-5-9-18(15)22-12-16/h2-9,11,13H,10,12H2,1H3. The molecule has 2 aromatic carbocycles. The van der Waals surface area contributed by atoms with Gasteiger partial charge in [0.15, 0.2) is 0 Å². The summed E-state index contributed by atoms with van der Waals surface area (Å²) in [6, 6.07) is 16.1. The van der Waals surface area contributed by atoms with E-state index in [4.69, 9.17) is 4.74 Å². The fourth-order valence-corrected chi connectivity index (χ4v) is 3.27. The Balaban J connectivity index is 1.70. The molecule has 0 saturated carbocycles. The average Bonchev–Trinajstić information content (AvgIpc) is 2.89. The highest BCUT2D eigenvalue weighted by molar-refractivity contribution is 6.10. The molecule has 22 heavy (non-hydrogen) atoms. The molecule has 2 aliphatic rings. The monoisotopic (exact) mass is 291 g/mol. The molecule has 0 fully saturated rings. The van der Waals surface area contributed by atoms with Crippen LogP contribution < -0.4 is 9.64 Å². The maximum atomic E-state index is 13.0. The van der Waals surface area contributed by atoms with Gasteiger partial charge in [-0.15, -0.1) is 0 Å². The third-order valence-electron chi connectivity index (χ3n) is 4.33. The van der Waals surface area contributed by atoms with Crippen molar-refractivity contribution in [3.8, 4) is 5.75 Å². The topological polar surface area (TPSA) is 29.5 Å². The van der Waals surface area contributed by atoms with Crippen molar-refractivity contribution in [1.82, 2.24) is 0 Å². The molecule has 0 saturated heterocycles. The Kier molecular flexibility index (Phi) is 3.00. The van der Waals surface area contributed by atoms with Gasteiger partial charge in [-0.1, -0.05) is 36.4 Å². The van der Waals surface area contributed by atoms with Crippen molar-refractivity contribution in [2.75, 3.05) is 11.5 Å². The number of fused-ring (bicyclic) bond motifs is 2. The summed E-state index contributed by atoms with van der Waals surface area (Å²) in [6.45, 7) is 2.43. The minimum atomic E-state index is 0.0481. The number of hydrogen-bond donors (Lipinski definition) is 0. The number of nitrogens with zero attached hydrogens (tertiary/aromatic N) is 1. The first kappa shape index (κ1) is 13.1. The van der Waals surface area contributed by atoms with E-state index in [0.29, 0.717) is 12.2 Å². The molecule has 3 heteroatoms. The van der Waals surface area contributed by atoms with Crippen molar-refractivity contribution in [2.24, 2.45) is 0 Å². The molecule has 0 aliphatic carbocycles. The first-order valence-corrected chi connectivity index (χ1v) is 7.58. The molecule has 1 atom stereocenters. The molecule has 110 valence electrons. The molecule has 0 aromatic heterocycles. The zero-order chi connectivity index (χ0) is 15.1. The first-order chi connectivity index (χ1) is 10.7. The predicted molar refractivity (Wildman–Crippen MR) is 87.0 cm³/mol. The largest absolute Gasteiger partial charge is 0.488 e. The summed E-state index contributed by atoms with van der Waals surface area (Å²) < 4.78 is 5.72. The van der Waals surface area contributed by atoms with Gasteiger partial charge >= 0.3 is 0 Å². The number of carbonyl (C=O) groups excluding carboxylic acids is 1. The Bertz CT molecular complexity index is 779. The van der Waals surface area contributed by atoms with Crippen LogP contribution in [0.1, 0.15) is 18.1 Å². The SMILES string of the molecule is CC1Cc2ccccc2N1C(=O)C1=Cc2ccccc2OC1. The minimum absolute atomic E-state index is 0.0481. The van der Waals surface area contributed by atoms with Crippen LogP contribution in [0.25, 0.3) is 6.08 Å². The number of para-hydroxylation sites is 2. The number of amides is 1. The van der Waals surface area contributed by atoms with E-state index in [0.717, 1.165) is 23.4 Å². The number of rotatable bonds is 1. The quantitative estimate of drug-likeness (QED) is 0.805. The molecule has 1 amide bonds. The minimum Gasteiger partial charge on any atom is -0.488 e. The Morgan fingerprint density at radius 1 is 1.14 bits per heavy atom. The number of ether oxygens (including phenoxy) is 1. The third kappa shape index (κ3) is 2.01. The van der Waals surface area contributed by atoms with Gasteiger partial charge in [-0.05, 0) is 37.1 Å². The second-order valence-electron chi connectivity index (χ2n) is 5.85. The van der Waals surface area contributed by atoms with Gasteiger partial charge in [0.1, 0.15) is 12.4 Å². The lowest BCUT2D eigenvalue weighted by atomic mass is 10.1. The second-order valence-corrected chi connectivity index (χ2v) is 5.85. The highest BCUT2D eigenvalue weighted by atomic mass is 16.5. The van der Waals surface area contributed by atoms with Gasteiger partial charge in [0.05, 0.1) is 5.57 Å². The van der Waals surface area contributed by atoms with E-state index in [1.165, 1.54) is 5.56 Å². The Morgan fingerprint density at radius 3 is 2.82 bits per heavy atom. The van der Waals surface area contributed by atoms with Gasteiger partial charge in [0, 0.05) is 17.3 Å². The Labute approximate surface area is 129 Å². The molecule has 0 N–H and O–H groups in total. The van der Waals surface area contributed by atoms with Gasteiger partial charge in [0.2, 0.25) is 0 Å². The fourth-order valence-electron chi connectivity index (χ4n) is 3.27. The normalized spacial score (nSPS) is 19.0. The molecule has 2 aromatic rings. The first-order valence-electron chi connectivity index (χ1n) is 7.58. The lowest BCUT2D eigenvalue weighted by Crippen LogP contribution is -2.38. The maximum absolute atomic E-state index is 13.0. The molecule has 0 bridgehead atoms. The summed E-state index contributed by atoms with van der Waals surface area (Å²) in [5, 5.41) is 0. The Morgan fingerprint density at radius 2 is 1.91 bits per heavy atom. The molecule has 1 unspecified atom stereocenters. The van der Waals surface area contributed by atoms with Crippen LogP contribution in [-0.2, 0) is 11.2 Å². The van der Waals surface area contributed by atoms with E-state index < -0.39 is 0 Å². The lowest BCUT2D eigenvalue weighted by Gasteiger charge is -2.26. The van der Waals surface area contributed by atoms with Crippen LogP contribution in [0.5, 0.6) is 5.75 Å². The highest BCUT2D eigenvalue weighted by Gasteiger charge is 2.33. The van der Waals surface area contributed by atoms with Crippen molar-refractivity contribution in [3.63, 3.8) is 0 Å². The van der Waals surface area contributed by atoms with Gasteiger partial charge in [0.25, 0.3) is 5.91 Å². The number of hydrogen-bond acceptors (Lipinski definition) is 2. The maximum Gasteiger partial charge on any atom is 0.257 e. The summed E-state index contributed by atoms with van der Waals surface area (Å²) in [6.07, 6.45) is 2.86. The molecule has 2 heterocycles. The van der Waals surface area contributed by atoms with Crippen molar-refractivity contribution >= 4 is 17.7 Å². The number of anilines is 1. The van der Waals surface area contributed by atoms with Crippen LogP contribution in [-0.4, -0.2) is 18.6 Å². The number of benzene rings is 2. The molecule has 0 spiro atoms. The zero-order valence-corrected chi connectivity index (χ0v) is 12.5. The van der Waals surface area contributed by atoms with E-state index in [1.807, 2.05) is 53.4 Å². The molecule has 2 aliphatic heterocycles. The average molecular weight is 291 g/mol. The van der Waals surface area contributed by atoms with Crippen LogP contribution in [0.15, 0.2) is 54.1 Å². The fraction of sp³-hybridized carbons (Fsp3) is 0.211. The Hall–Kier alpha value is -2.55. The van der Waals surface area contributed by atoms with E-state index in [9.17, 15) is 4.79 Å². The van der Waals surface area contributed by atoms with E-state index in [1.54, 1.807) is 0 Å². The van der Waals surface area contributed by atoms with Crippen LogP contribution in [0, 0.1) is 0 Å². The molecular formula is C19H17NO2. The lowest BCUT2D eigenvalue weighted by molar-refractivity contribution is -0.115. The van der Waals surface area contributed by atoms with Crippen LogP contribution in [0.2, 0.25) is 0 Å². The van der Waals surface area contributed by atoms with Crippen LogP contribution >= 0.6 is 0 Å². The van der Waals surface area contributed by atoms with E-state index in [-0.39, 0.29) is 11.9 Å². The van der Waals surface area contributed by atoms with E-state index >= 15 is 0 Å².